The van der Waals surface area contributed by atoms with E-state index in [1.165, 1.54) is 0 Å². The van der Waals surface area contributed by atoms with E-state index in [1.807, 2.05) is 67.6 Å². The van der Waals surface area contributed by atoms with Gasteiger partial charge in [0.1, 0.15) is 5.75 Å². The average molecular weight is 332 g/mol. The molecule has 1 atom stereocenters. The van der Waals surface area contributed by atoms with E-state index in [9.17, 15) is 4.79 Å². The molecule has 3 aromatic rings. The van der Waals surface area contributed by atoms with Crippen molar-refractivity contribution in [3.63, 3.8) is 0 Å². The Labute approximate surface area is 147 Å². The lowest BCUT2D eigenvalue weighted by molar-refractivity contribution is 0.0942. The van der Waals surface area contributed by atoms with Gasteiger partial charge in [-0.15, -0.1) is 0 Å². The molecule has 0 unspecified atom stereocenters. The zero-order valence-electron chi connectivity index (χ0n) is 14.3. The van der Waals surface area contributed by atoms with E-state index in [0.717, 1.165) is 22.6 Å². The molecular weight excluding hydrogens is 312 g/mol. The fourth-order valence-electron chi connectivity index (χ4n) is 2.62. The molecule has 0 fully saturated rings. The number of ether oxygens (including phenoxy) is 1. The lowest BCUT2D eigenvalue weighted by Crippen LogP contribution is -2.29. The van der Waals surface area contributed by atoms with Crippen molar-refractivity contribution < 1.29 is 9.53 Å². The number of methoxy groups -OCH3 is 1. The molecule has 0 bridgehead atoms. The Bertz CT molecular complexity index is 828. The number of hydrogen-bond donors (Lipinski definition) is 1. The standard InChI is InChI=1S/C21H20N2O2/c1-15-8-9-18(14-22-15)21(24)23-20(16-6-4-3-5-7-16)17-10-12-19(25-2)13-11-17/h3-14,20H,1-2H3,(H,23,24)/t20-/m1/s1. The molecule has 0 spiro atoms. The maximum Gasteiger partial charge on any atom is 0.253 e. The van der Waals surface area contributed by atoms with Crippen LogP contribution in [0.15, 0.2) is 72.9 Å². The van der Waals surface area contributed by atoms with Gasteiger partial charge in [-0.25, -0.2) is 0 Å². The van der Waals surface area contributed by atoms with Crippen LogP contribution in [0.5, 0.6) is 5.75 Å². The second kappa shape index (κ2) is 7.62. The van der Waals surface area contributed by atoms with Crippen LogP contribution in [0.25, 0.3) is 0 Å². The van der Waals surface area contributed by atoms with Crippen LogP contribution in [0.1, 0.15) is 33.2 Å². The van der Waals surface area contributed by atoms with Gasteiger partial charge in [-0.2, -0.15) is 0 Å². The Morgan fingerprint density at radius 1 is 0.960 bits per heavy atom. The number of amides is 1. The maximum absolute atomic E-state index is 12.7. The minimum atomic E-state index is -0.249. The van der Waals surface area contributed by atoms with Gasteiger partial charge < -0.3 is 10.1 Å². The predicted octanol–water partition coefficient (Wildman–Crippen LogP) is 3.92. The second-order valence-corrected chi connectivity index (χ2v) is 5.78. The van der Waals surface area contributed by atoms with Gasteiger partial charge in [0.05, 0.1) is 18.7 Å². The molecule has 4 nitrogen and oxygen atoms in total. The average Bonchev–Trinajstić information content (AvgIpc) is 2.67. The van der Waals surface area contributed by atoms with Crippen LogP contribution in [0, 0.1) is 6.92 Å². The molecule has 0 aliphatic heterocycles. The molecule has 1 amide bonds. The number of carbonyl (C=O) groups excluding carboxylic acids is 1. The Hall–Kier alpha value is -3.14. The summed E-state index contributed by atoms with van der Waals surface area (Å²) in [6.07, 6.45) is 1.60. The molecule has 0 saturated heterocycles. The number of aromatic nitrogens is 1. The highest BCUT2D eigenvalue weighted by Gasteiger charge is 2.18. The molecule has 1 N–H and O–H groups in total. The Morgan fingerprint density at radius 2 is 1.64 bits per heavy atom. The zero-order valence-corrected chi connectivity index (χ0v) is 14.3. The quantitative estimate of drug-likeness (QED) is 0.770. The minimum Gasteiger partial charge on any atom is -0.497 e. The third kappa shape index (κ3) is 4.04. The fraction of sp³-hybridized carbons (Fsp3) is 0.143. The van der Waals surface area contributed by atoms with Crippen LogP contribution >= 0.6 is 0 Å². The van der Waals surface area contributed by atoms with E-state index in [1.54, 1.807) is 19.4 Å². The monoisotopic (exact) mass is 332 g/mol. The van der Waals surface area contributed by atoms with Crippen molar-refractivity contribution >= 4 is 5.91 Å². The van der Waals surface area contributed by atoms with Gasteiger partial charge in [-0.05, 0) is 42.3 Å². The van der Waals surface area contributed by atoms with Crippen LogP contribution in [0.4, 0.5) is 0 Å². The van der Waals surface area contributed by atoms with E-state index < -0.39 is 0 Å². The minimum absolute atomic E-state index is 0.155. The number of nitrogens with zero attached hydrogens (tertiary/aromatic N) is 1. The summed E-state index contributed by atoms with van der Waals surface area (Å²) < 4.78 is 5.22. The number of carbonyl (C=O) groups is 1. The third-order valence-corrected chi connectivity index (χ3v) is 4.03. The molecule has 3 rings (SSSR count). The molecule has 0 aliphatic carbocycles. The van der Waals surface area contributed by atoms with Gasteiger partial charge in [0.15, 0.2) is 0 Å². The van der Waals surface area contributed by atoms with Gasteiger partial charge in [0.25, 0.3) is 5.91 Å². The lowest BCUT2D eigenvalue weighted by Gasteiger charge is -2.20. The van der Waals surface area contributed by atoms with Crippen molar-refractivity contribution in [2.24, 2.45) is 0 Å². The van der Waals surface area contributed by atoms with Gasteiger partial charge >= 0.3 is 0 Å². The summed E-state index contributed by atoms with van der Waals surface area (Å²) in [4.78, 5) is 16.9. The zero-order chi connectivity index (χ0) is 17.6. The van der Waals surface area contributed by atoms with Crippen LogP contribution < -0.4 is 10.1 Å². The molecular formula is C21H20N2O2. The van der Waals surface area contributed by atoms with E-state index in [0.29, 0.717) is 5.56 Å². The van der Waals surface area contributed by atoms with Gasteiger partial charge in [-0.1, -0.05) is 42.5 Å². The Kier molecular flexibility index (Phi) is 5.09. The number of hydrogen-bond acceptors (Lipinski definition) is 3. The molecule has 4 heteroatoms. The number of nitrogens with one attached hydrogen (secondary N) is 1. The summed E-state index contributed by atoms with van der Waals surface area (Å²) in [5.74, 6) is 0.627. The van der Waals surface area contributed by atoms with Crippen molar-refractivity contribution in [2.75, 3.05) is 7.11 Å². The number of pyridine rings is 1. The van der Waals surface area contributed by atoms with Crippen molar-refractivity contribution in [1.29, 1.82) is 0 Å². The molecule has 0 saturated carbocycles. The van der Waals surface area contributed by atoms with Gasteiger partial charge in [-0.3, -0.25) is 9.78 Å². The summed E-state index contributed by atoms with van der Waals surface area (Å²) in [6.45, 7) is 1.89. The maximum atomic E-state index is 12.7. The molecule has 126 valence electrons. The van der Waals surface area contributed by atoms with E-state index in [4.69, 9.17) is 4.74 Å². The molecule has 2 aromatic carbocycles. The highest BCUT2D eigenvalue weighted by Crippen LogP contribution is 2.24. The Morgan fingerprint density at radius 3 is 2.24 bits per heavy atom. The predicted molar refractivity (Wildman–Crippen MR) is 97.7 cm³/mol. The molecule has 1 heterocycles. The summed E-state index contributed by atoms with van der Waals surface area (Å²) in [7, 11) is 1.63. The van der Waals surface area contributed by atoms with Gasteiger partial charge in [0.2, 0.25) is 0 Å². The smallest absolute Gasteiger partial charge is 0.253 e. The van der Waals surface area contributed by atoms with Crippen LogP contribution in [0.3, 0.4) is 0 Å². The summed E-state index contributed by atoms with van der Waals surface area (Å²) in [6, 6.07) is 21.0. The van der Waals surface area contributed by atoms with E-state index >= 15 is 0 Å². The van der Waals surface area contributed by atoms with Crippen molar-refractivity contribution in [2.45, 2.75) is 13.0 Å². The highest BCUT2D eigenvalue weighted by atomic mass is 16.5. The number of benzene rings is 2. The third-order valence-electron chi connectivity index (χ3n) is 4.03. The van der Waals surface area contributed by atoms with Crippen LogP contribution in [0.2, 0.25) is 0 Å². The van der Waals surface area contributed by atoms with Crippen molar-refractivity contribution in [3.8, 4) is 5.75 Å². The van der Waals surface area contributed by atoms with Crippen molar-refractivity contribution in [1.82, 2.24) is 10.3 Å². The lowest BCUT2D eigenvalue weighted by atomic mass is 9.98. The van der Waals surface area contributed by atoms with E-state index in [-0.39, 0.29) is 11.9 Å². The molecule has 0 aliphatic rings. The fourth-order valence-corrected chi connectivity index (χ4v) is 2.62. The van der Waals surface area contributed by atoms with Crippen LogP contribution in [-0.4, -0.2) is 18.0 Å². The van der Waals surface area contributed by atoms with E-state index in [2.05, 4.69) is 10.3 Å². The molecule has 0 radical (unpaired) electrons. The van der Waals surface area contributed by atoms with Gasteiger partial charge in [0, 0.05) is 11.9 Å². The SMILES string of the molecule is COc1ccc([C@H](NC(=O)c2ccc(C)nc2)c2ccccc2)cc1. The number of rotatable bonds is 5. The summed E-state index contributed by atoms with van der Waals surface area (Å²) in [5.41, 5.74) is 3.42. The molecule has 25 heavy (non-hydrogen) atoms. The van der Waals surface area contributed by atoms with Crippen LogP contribution in [-0.2, 0) is 0 Å². The topological polar surface area (TPSA) is 51.2 Å². The normalized spacial score (nSPS) is 11.6. The first-order valence-electron chi connectivity index (χ1n) is 8.10. The Balaban J connectivity index is 1.90. The van der Waals surface area contributed by atoms with Crippen molar-refractivity contribution in [3.05, 3.63) is 95.3 Å². The second-order valence-electron chi connectivity index (χ2n) is 5.78. The first-order chi connectivity index (χ1) is 12.2. The summed E-state index contributed by atoms with van der Waals surface area (Å²) in [5, 5.41) is 3.10. The molecule has 1 aromatic heterocycles. The first kappa shape index (κ1) is 16.7. The highest BCUT2D eigenvalue weighted by molar-refractivity contribution is 5.94. The number of aryl methyl sites for hydroxylation is 1. The summed E-state index contributed by atoms with van der Waals surface area (Å²) >= 11 is 0. The largest absolute Gasteiger partial charge is 0.497 e. The first-order valence-corrected chi connectivity index (χ1v) is 8.10.